The highest BCUT2D eigenvalue weighted by Gasteiger charge is 2.22. The van der Waals surface area contributed by atoms with Crippen LogP contribution in [0.5, 0.6) is 0 Å². The second kappa shape index (κ2) is 31.2. The van der Waals surface area contributed by atoms with Gasteiger partial charge in [0.2, 0.25) is 22.8 Å². The zero-order valence-corrected chi connectivity index (χ0v) is 58.0. The summed E-state index contributed by atoms with van der Waals surface area (Å²) < 4.78 is 185. The van der Waals surface area contributed by atoms with Crippen molar-refractivity contribution in [3.05, 3.63) is 333 Å². The van der Waals surface area contributed by atoms with Crippen molar-refractivity contribution in [3.8, 4) is 101 Å². The van der Waals surface area contributed by atoms with E-state index in [1.807, 2.05) is 156 Å². The highest BCUT2D eigenvalue weighted by molar-refractivity contribution is 5.82. The number of pyridine rings is 4. The van der Waals surface area contributed by atoms with E-state index in [2.05, 4.69) is 78.4 Å². The minimum Gasteiger partial charge on any atom is -0.201 e. The second-order valence-electron chi connectivity index (χ2n) is 25.4. The lowest BCUT2D eigenvalue weighted by molar-refractivity contribution is -0.660. The van der Waals surface area contributed by atoms with Gasteiger partial charge in [0.1, 0.15) is 28.2 Å². The van der Waals surface area contributed by atoms with E-state index in [1.165, 1.54) is 30.0 Å². The fourth-order valence-corrected chi connectivity index (χ4v) is 12.3. The molecule has 4 aromatic heterocycles. The molecule has 0 N–H and O–H groups in total. The quantitative estimate of drug-likeness (QED) is 0.121. The van der Waals surface area contributed by atoms with E-state index in [9.17, 15) is 0 Å². The summed E-state index contributed by atoms with van der Waals surface area (Å²) in [4.78, 5) is 0. The Morgan fingerprint density at radius 1 is 0.265 bits per heavy atom. The zero-order valence-electron chi connectivity index (χ0n) is 80.0. The van der Waals surface area contributed by atoms with Crippen molar-refractivity contribution in [3.63, 3.8) is 0 Å². The van der Waals surface area contributed by atoms with E-state index < -0.39 is 53.9 Å². The van der Waals surface area contributed by atoms with E-state index >= 15 is 0 Å². The van der Waals surface area contributed by atoms with Crippen LogP contribution in [0.15, 0.2) is 255 Å². The van der Waals surface area contributed by atoms with Crippen LogP contribution >= 0.6 is 0 Å². The Morgan fingerprint density at radius 3 is 1.20 bits per heavy atom. The fraction of sp³-hybridized carbons (Fsp3) is 0.213. The van der Waals surface area contributed by atoms with Gasteiger partial charge in [-0.25, -0.2) is 18.3 Å². The summed E-state index contributed by atoms with van der Waals surface area (Å²) >= 11 is 0. The Balaban J connectivity index is 0.000000173. The number of benzene rings is 9. The molecule has 13 aromatic rings. The molecule has 0 aliphatic carbocycles. The number of nitrogens with zero attached hydrogens (tertiary/aromatic N) is 4. The second-order valence-corrected chi connectivity index (χ2v) is 25.4. The van der Waals surface area contributed by atoms with Gasteiger partial charge >= 0.3 is 0 Å². The van der Waals surface area contributed by atoms with E-state index in [4.69, 9.17) is 30.2 Å². The SMILES string of the molecule is [2H]C([2H])([2H])c1cc(C)c(-c2cc(-c3c(C([2H])([2H])[2H])cc(C)cc3C([2H])([2H])[2H])c(C([2H])([2H])[2H])c[n+]2C)cc1-c1ccccc1.[2H]C([2H])([2H])c1ccccc1-c1ccc(C)c(-c2cc(C([2H])(C)C)cc[n+]2C)c1.[2H]C([2H])([2H])c1ccccc1-c1ccc(C)c(-c2cc(C)cc[n+]2C)c1.[2H]C([2H])([2H])c1ccccc1-c1ccc(C)c(-c2cccc[n+]2C)c1. The molecule has 9 aromatic carbocycles. The summed E-state index contributed by atoms with van der Waals surface area (Å²) in [5.41, 5.74) is 20.5. The molecule has 492 valence electrons. The van der Waals surface area contributed by atoms with Crippen molar-refractivity contribution < 1.29 is 48.4 Å². The molecule has 4 nitrogen and oxygen atoms in total. The van der Waals surface area contributed by atoms with Crippen LogP contribution in [0.2, 0.25) is 0 Å². The lowest BCUT2D eigenvalue weighted by atomic mass is 9.89. The summed E-state index contributed by atoms with van der Waals surface area (Å²) in [7, 11) is 7.66. The van der Waals surface area contributed by atoms with Gasteiger partial charge in [0.25, 0.3) is 0 Å². The summed E-state index contributed by atoms with van der Waals surface area (Å²) in [6.07, 6.45) is 7.40. The standard InChI is InChI=1S/C30H32N.C23H26N.C21H22N.C20H20N/c1-19-13-22(4)30(23(5)14-19)28-17-29(31(7)18-24(28)6)27-16-26(20(2)15-21(27)3)25-11-9-8-10-12-25;1-16(2)19-12-13-24(5)23(15-19)22-14-20(11-10-18(22)4)21-9-7-6-8-17(21)3;1-15-11-12-22(4)21(13-15)20-14-18(10-9-17(20)3)19-8-6-5-7-16(19)2;1-15-8-4-5-9-18(15)17-12-11-16(2)19(14-17)20-10-6-7-13-21(20)3/h8-18H,1-7H3;6-16H,1-5H3;5-14H,1-4H3;4-14H,1-3H3/q4*+1/i2D3,4D3,5D3,6D3;3D3,16D;2D3;1D3. The highest BCUT2D eigenvalue weighted by atomic mass is 14.9. The Bertz CT molecular complexity index is 5880. The van der Waals surface area contributed by atoms with Crippen molar-refractivity contribution in [1.29, 1.82) is 0 Å². The molecule has 0 atom stereocenters. The smallest absolute Gasteiger partial charge is 0.201 e. The normalized spacial score (nSPS) is 15.2. The average molecular weight is 1310 g/mol. The van der Waals surface area contributed by atoms with E-state index in [1.54, 1.807) is 98.3 Å². The van der Waals surface area contributed by atoms with Gasteiger partial charge in [-0.1, -0.05) is 177 Å². The molecule has 0 aliphatic rings. The summed E-state index contributed by atoms with van der Waals surface area (Å²) in [6, 6.07) is 70.8. The van der Waals surface area contributed by atoms with Crippen molar-refractivity contribution in [1.82, 2.24) is 0 Å². The van der Waals surface area contributed by atoms with Crippen LogP contribution in [-0.2, 0) is 28.2 Å². The molecule has 0 amide bonds. The third-order valence-corrected chi connectivity index (χ3v) is 17.9. The first kappa shape index (κ1) is 46.7. The number of hydrogen-bond donors (Lipinski definition) is 0. The molecule has 0 radical (unpaired) electrons. The van der Waals surface area contributed by atoms with Crippen LogP contribution in [0.4, 0.5) is 0 Å². The lowest BCUT2D eigenvalue weighted by Crippen LogP contribution is -2.31. The van der Waals surface area contributed by atoms with Crippen molar-refractivity contribution in [2.24, 2.45) is 28.2 Å². The Kier molecular flexibility index (Phi) is 14.9. The Hall–Kier alpha value is -10.4. The topological polar surface area (TPSA) is 15.5 Å². The molecule has 98 heavy (non-hydrogen) atoms. The molecule has 0 saturated carbocycles. The van der Waals surface area contributed by atoms with Crippen molar-refractivity contribution in [2.45, 2.75) is 109 Å². The van der Waals surface area contributed by atoms with Crippen LogP contribution < -0.4 is 18.3 Å². The largest absolute Gasteiger partial charge is 0.213 e. The van der Waals surface area contributed by atoms with Gasteiger partial charge in [-0.3, -0.25) is 0 Å². The van der Waals surface area contributed by atoms with Crippen LogP contribution in [0.3, 0.4) is 0 Å². The molecule has 0 bridgehead atoms. The van der Waals surface area contributed by atoms with Gasteiger partial charge in [0.05, 0.1) is 0 Å². The first-order chi connectivity index (χ1) is 55.7. The summed E-state index contributed by atoms with van der Waals surface area (Å²) in [5.74, 6) is -0.692. The van der Waals surface area contributed by atoms with Crippen LogP contribution in [0, 0.1) is 89.5 Å². The molecule has 13 rings (SSSR count). The Labute approximate surface area is 617 Å². The number of aryl methyl sites for hydroxylation is 17. The zero-order chi connectivity index (χ0) is 88.5. The third-order valence-electron chi connectivity index (χ3n) is 17.9. The van der Waals surface area contributed by atoms with Gasteiger partial charge in [-0.05, 0) is 248 Å². The Morgan fingerprint density at radius 2 is 0.704 bits per heavy atom. The summed E-state index contributed by atoms with van der Waals surface area (Å²) in [6.45, 7) is -1.69. The van der Waals surface area contributed by atoms with Crippen molar-refractivity contribution in [2.75, 3.05) is 0 Å². The maximum absolute atomic E-state index is 8.36. The first-order valence-corrected chi connectivity index (χ1v) is 32.7. The number of rotatable bonds is 10. The third kappa shape index (κ3) is 16.2. The van der Waals surface area contributed by atoms with E-state index in [0.717, 1.165) is 89.4 Å². The van der Waals surface area contributed by atoms with Crippen LogP contribution in [0.1, 0.15) is 128 Å². The molecular formula is C94H100N4+4. The maximum Gasteiger partial charge on any atom is 0.213 e. The van der Waals surface area contributed by atoms with Gasteiger partial charge in [-0.2, -0.15) is 0 Å². The molecule has 4 heteroatoms. The first-order valence-electron chi connectivity index (χ1n) is 43.7. The van der Waals surface area contributed by atoms with Gasteiger partial charge in [-0.15, -0.1) is 0 Å². The highest BCUT2D eigenvalue weighted by Crippen LogP contribution is 2.38. The monoisotopic (exact) mass is 1310 g/mol. The molecule has 0 unspecified atom stereocenters. The van der Waals surface area contributed by atoms with Gasteiger partial charge < -0.3 is 0 Å². The summed E-state index contributed by atoms with van der Waals surface area (Å²) in [5, 5.41) is 0. The van der Waals surface area contributed by atoms with E-state index in [0.29, 0.717) is 50.2 Å². The minimum atomic E-state index is -2.75. The average Bonchev–Trinajstić information content (AvgIpc) is 0.733. The fourth-order valence-electron chi connectivity index (χ4n) is 12.3. The lowest BCUT2D eigenvalue weighted by Gasteiger charge is -2.16. The molecule has 4 heterocycles. The molecule has 0 aliphatic heterocycles. The predicted molar refractivity (Wildman–Crippen MR) is 415 cm³/mol. The molecular weight excluding hydrogens is 1190 g/mol. The molecule has 0 saturated heterocycles. The van der Waals surface area contributed by atoms with Crippen molar-refractivity contribution >= 4 is 0 Å². The minimum absolute atomic E-state index is 0.0362. The van der Waals surface area contributed by atoms with Gasteiger partial charge in [0, 0.05) is 100 Å². The maximum atomic E-state index is 8.36. The molecule has 0 fully saturated rings. The van der Waals surface area contributed by atoms with Crippen LogP contribution in [0.25, 0.3) is 101 Å². The van der Waals surface area contributed by atoms with Gasteiger partial charge in [0.15, 0.2) is 24.8 Å². The predicted octanol–water partition coefficient (Wildman–Crippen LogP) is 22.2. The van der Waals surface area contributed by atoms with Crippen LogP contribution in [-0.4, -0.2) is 0 Å². The number of hydrogen-bond acceptors (Lipinski definition) is 0. The number of aromatic nitrogens is 4. The molecule has 0 spiro atoms. The van der Waals surface area contributed by atoms with E-state index in [-0.39, 0.29) is 33.4 Å².